The van der Waals surface area contributed by atoms with E-state index in [1.54, 1.807) is 11.9 Å². The van der Waals surface area contributed by atoms with Crippen LogP contribution in [0.2, 0.25) is 0 Å². The maximum absolute atomic E-state index is 12.2. The van der Waals surface area contributed by atoms with E-state index in [9.17, 15) is 9.59 Å². The number of benzene rings is 2. The Hall–Kier alpha value is -2.82. The van der Waals surface area contributed by atoms with Crippen LogP contribution in [0.4, 0.5) is 11.4 Å². The number of nitrogens with zero attached hydrogens (tertiary/aromatic N) is 1. The molecule has 2 rings (SSSR count). The third-order valence-electron chi connectivity index (χ3n) is 3.81. The molecule has 0 aliphatic carbocycles. The number of hydrogen-bond acceptors (Lipinski definition) is 3. The monoisotopic (exact) mass is 339 g/mol. The second-order valence-corrected chi connectivity index (χ2v) is 6.31. The van der Waals surface area contributed by atoms with Gasteiger partial charge in [0.2, 0.25) is 11.8 Å². The third-order valence-corrected chi connectivity index (χ3v) is 3.81. The fourth-order valence-electron chi connectivity index (χ4n) is 2.22. The van der Waals surface area contributed by atoms with E-state index in [2.05, 4.69) is 10.6 Å². The average molecular weight is 339 g/mol. The summed E-state index contributed by atoms with van der Waals surface area (Å²) in [5, 5.41) is 5.95. The Morgan fingerprint density at radius 2 is 1.56 bits per heavy atom. The quantitative estimate of drug-likeness (QED) is 0.813. The third kappa shape index (κ3) is 5.95. The number of likely N-dealkylation sites (N-methyl/N-ethyl adjacent to an activating group) is 1. The molecule has 25 heavy (non-hydrogen) atoms. The lowest BCUT2D eigenvalue weighted by Gasteiger charge is -2.18. The highest BCUT2D eigenvalue weighted by atomic mass is 16.2. The molecule has 132 valence electrons. The van der Waals surface area contributed by atoms with Crippen molar-refractivity contribution in [1.29, 1.82) is 0 Å². The summed E-state index contributed by atoms with van der Waals surface area (Å²) in [4.78, 5) is 25.6. The lowest BCUT2D eigenvalue weighted by Crippen LogP contribution is -2.31. The number of rotatable bonds is 7. The van der Waals surface area contributed by atoms with E-state index in [-0.39, 0.29) is 24.3 Å². The van der Waals surface area contributed by atoms with Gasteiger partial charge in [-0.25, -0.2) is 0 Å². The molecule has 0 atom stereocenters. The molecule has 0 aliphatic rings. The minimum Gasteiger partial charge on any atom is -0.376 e. The minimum absolute atomic E-state index is 0.0149. The highest BCUT2D eigenvalue weighted by Gasteiger charge is 2.09. The fourth-order valence-corrected chi connectivity index (χ4v) is 2.22. The number of carbonyl (C=O) groups is 2. The van der Waals surface area contributed by atoms with Crippen LogP contribution in [-0.4, -0.2) is 30.3 Å². The Bertz CT molecular complexity index is 697. The van der Waals surface area contributed by atoms with E-state index in [0.717, 1.165) is 16.9 Å². The van der Waals surface area contributed by atoms with Gasteiger partial charge < -0.3 is 15.5 Å². The molecule has 0 aromatic heterocycles. The molecule has 2 aromatic rings. The van der Waals surface area contributed by atoms with Crippen LogP contribution >= 0.6 is 0 Å². The number of hydrogen-bond donors (Lipinski definition) is 2. The zero-order valence-corrected chi connectivity index (χ0v) is 15.0. The van der Waals surface area contributed by atoms with Crippen molar-refractivity contribution in [3.8, 4) is 0 Å². The lowest BCUT2D eigenvalue weighted by molar-refractivity contribution is -0.128. The largest absolute Gasteiger partial charge is 0.376 e. The Morgan fingerprint density at radius 3 is 2.16 bits per heavy atom. The molecular formula is C20H25N3O2. The first-order valence-corrected chi connectivity index (χ1v) is 8.38. The van der Waals surface area contributed by atoms with Gasteiger partial charge in [-0.05, 0) is 29.8 Å². The van der Waals surface area contributed by atoms with Crippen molar-refractivity contribution in [3.63, 3.8) is 0 Å². The number of anilines is 2. The molecular weight excluding hydrogens is 314 g/mol. The van der Waals surface area contributed by atoms with E-state index in [4.69, 9.17) is 0 Å². The molecule has 2 aromatic carbocycles. The lowest BCUT2D eigenvalue weighted by atomic mass is 10.2. The Kier molecular flexibility index (Phi) is 6.57. The van der Waals surface area contributed by atoms with E-state index in [1.165, 1.54) is 0 Å². The highest BCUT2D eigenvalue weighted by molar-refractivity contribution is 5.92. The van der Waals surface area contributed by atoms with E-state index < -0.39 is 0 Å². The molecule has 2 N–H and O–H groups in total. The van der Waals surface area contributed by atoms with Crippen molar-refractivity contribution in [2.75, 3.05) is 24.2 Å². The fraction of sp³-hybridized carbons (Fsp3) is 0.300. The summed E-state index contributed by atoms with van der Waals surface area (Å²) < 4.78 is 0. The zero-order chi connectivity index (χ0) is 18.2. The van der Waals surface area contributed by atoms with E-state index in [0.29, 0.717) is 6.54 Å². The van der Waals surface area contributed by atoms with Gasteiger partial charge in [-0.3, -0.25) is 9.59 Å². The standard InChI is InChI=1S/C20H25N3O2/c1-15(2)20(25)22-18-11-9-17(10-12-18)21-13-19(24)23(3)14-16-7-5-4-6-8-16/h4-12,15,21H,13-14H2,1-3H3,(H,22,25). The van der Waals surface area contributed by atoms with Crippen LogP contribution in [0.1, 0.15) is 19.4 Å². The second kappa shape index (κ2) is 8.87. The Morgan fingerprint density at radius 1 is 0.960 bits per heavy atom. The maximum Gasteiger partial charge on any atom is 0.241 e. The van der Waals surface area contributed by atoms with E-state index in [1.807, 2.05) is 68.4 Å². The molecule has 0 heterocycles. The van der Waals surface area contributed by atoms with Crippen molar-refractivity contribution in [1.82, 2.24) is 4.90 Å². The van der Waals surface area contributed by atoms with Crippen molar-refractivity contribution >= 4 is 23.2 Å². The summed E-state index contributed by atoms with van der Waals surface area (Å²) in [7, 11) is 1.79. The van der Waals surface area contributed by atoms with Crippen molar-refractivity contribution < 1.29 is 9.59 Å². The molecule has 0 aliphatic heterocycles. The minimum atomic E-state index is -0.0597. The topological polar surface area (TPSA) is 61.4 Å². The van der Waals surface area contributed by atoms with Gasteiger partial charge in [0.1, 0.15) is 0 Å². The number of amides is 2. The molecule has 0 saturated carbocycles. The van der Waals surface area contributed by atoms with Crippen LogP contribution in [0.5, 0.6) is 0 Å². The molecule has 0 bridgehead atoms. The first kappa shape index (κ1) is 18.5. The smallest absolute Gasteiger partial charge is 0.241 e. The van der Waals surface area contributed by atoms with Gasteiger partial charge in [0.05, 0.1) is 6.54 Å². The van der Waals surface area contributed by atoms with Gasteiger partial charge in [-0.15, -0.1) is 0 Å². The first-order chi connectivity index (χ1) is 12.0. The number of nitrogens with one attached hydrogen (secondary N) is 2. The first-order valence-electron chi connectivity index (χ1n) is 8.38. The van der Waals surface area contributed by atoms with Gasteiger partial charge in [0, 0.05) is 30.9 Å². The Balaban J connectivity index is 1.82. The van der Waals surface area contributed by atoms with Crippen LogP contribution in [-0.2, 0) is 16.1 Å². The van der Waals surface area contributed by atoms with Crippen LogP contribution in [0, 0.1) is 5.92 Å². The molecule has 0 saturated heterocycles. The van der Waals surface area contributed by atoms with Crippen molar-refractivity contribution in [3.05, 3.63) is 60.2 Å². The van der Waals surface area contributed by atoms with Gasteiger partial charge in [0.25, 0.3) is 0 Å². The molecule has 5 heteroatoms. The van der Waals surface area contributed by atoms with Crippen LogP contribution in [0.25, 0.3) is 0 Å². The molecule has 0 unspecified atom stereocenters. The van der Waals surface area contributed by atoms with Crippen LogP contribution in [0.3, 0.4) is 0 Å². The normalized spacial score (nSPS) is 10.4. The zero-order valence-electron chi connectivity index (χ0n) is 15.0. The molecule has 0 radical (unpaired) electrons. The van der Waals surface area contributed by atoms with Crippen molar-refractivity contribution in [2.45, 2.75) is 20.4 Å². The second-order valence-electron chi connectivity index (χ2n) is 6.31. The van der Waals surface area contributed by atoms with Crippen molar-refractivity contribution in [2.24, 2.45) is 5.92 Å². The molecule has 0 fully saturated rings. The van der Waals surface area contributed by atoms with Crippen LogP contribution in [0.15, 0.2) is 54.6 Å². The molecule has 0 spiro atoms. The predicted octanol–water partition coefficient (Wildman–Crippen LogP) is 3.35. The predicted molar refractivity (Wildman–Crippen MR) is 101 cm³/mol. The number of carbonyl (C=O) groups excluding carboxylic acids is 2. The summed E-state index contributed by atoms with van der Waals surface area (Å²) in [6.07, 6.45) is 0. The SMILES string of the molecule is CC(C)C(=O)Nc1ccc(NCC(=O)N(C)Cc2ccccc2)cc1. The van der Waals surface area contributed by atoms with Gasteiger partial charge in [-0.1, -0.05) is 44.2 Å². The summed E-state index contributed by atoms with van der Waals surface area (Å²) in [5.74, 6) is -0.0601. The summed E-state index contributed by atoms with van der Waals surface area (Å²) in [5.41, 5.74) is 2.68. The highest BCUT2D eigenvalue weighted by Crippen LogP contribution is 2.14. The van der Waals surface area contributed by atoms with Gasteiger partial charge in [-0.2, -0.15) is 0 Å². The summed E-state index contributed by atoms with van der Waals surface area (Å²) in [6.45, 7) is 4.51. The Labute approximate surface area is 149 Å². The van der Waals surface area contributed by atoms with Crippen LogP contribution < -0.4 is 10.6 Å². The van der Waals surface area contributed by atoms with Gasteiger partial charge in [0.15, 0.2) is 0 Å². The maximum atomic E-state index is 12.2. The van der Waals surface area contributed by atoms with Gasteiger partial charge >= 0.3 is 0 Å². The molecule has 2 amide bonds. The summed E-state index contributed by atoms with van der Waals surface area (Å²) >= 11 is 0. The molecule has 5 nitrogen and oxygen atoms in total. The summed E-state index contributed by atoms with van der Waals surface area (Å²) in [6, 6.07) is 17.2. The average Bonchev–Trinajstić information content (AvgIpc) is 2.61. The van der Waals surface area contributed by atoms with E-state index >= 15 is 0 Å².